The smallest absolute Gasteiger partial charge is 0.195 e. The molecular formula is C12H12F3NO. The minimum absolute atomic E-state index is 0.0818. The lowest BCUT2D eigenvalue weighted by Gasteiger charge is -2.04. The minimum Gasteiger partial charge on any atom is -0.314 e. The molecule has 0 amide bonds. The molecule has 1 N–H and O–H groups in total. The summed E-state index contributed by atoms with van der Waals surface area (Å²) in [6.07, 6.45) is 2.26. The normalized spacial score (nSPS) is 15.0. The lowest BCUT2D eigenvalue weighted by Crippen LogP contribution is -2.20. The van der Waals surface area contributed by atoms with Crippen LogP contribution in [0.2, 0.25) is 0 Å². The van der Waals surface area contributed by atoms with E-state index in [2.05, 4.69) is 5.32 Å². The third-order valence-electron chi connectivity index (χ3n) is 2.70. The van der Waals surface area contributed by atoms with Crippen LogP contribution in [0.5, 0.6) is 0 Å². The van der Waals surface area contributed by atoms with Crippen molar-refractivity contribution in [3.05, 3.63) is 35.1 Å². The molecule has 5 heteroatoms. The van der Waals surface area contributed by atoms with E-state index >= 15 is 0 Å². The fourth-order valence-electron chi connectivity index (χ4n) is 1.55. The van der Waals surface area contributed by atoms with E-state index in [1.807, 2.05) is 0 Å². The van der Waals surface area contributed by atoms with Crippen LogP contribution in [-0.4, -0.2) is 18.4 Å². The molecule has 0 saturated heterocycles. The van der Waals surface area contributed by atoms with Crippen LogP contribution in [0.3, 0.4) is 0 Å². The highest BCUT2D eigenvalue weighted by atomic mass is 19.2. The Labute approximate surface area is 96.8 Å². The van der Waals surface area contributed by atoms with Crippen LogP contribution in [0.15, 0.2) is 12.1 Å². The molecule has 0 bridgehead atoms. The topological polar surface area (TPSA) is 29.1 Å². The summed E-state index contributed by atoms with van der Waals surface area (Å²) in [7, 11) is 0. The predicted molar refractivity (Wildman–Crippen MR) is 56.3 cm³/mol. The van der Waals surface area contributed by atoms with E-state index in [0.29, 0.717) is 12.6 Å². The molecular weight excluding hydrogens is 231 g/mol. The summed E-state index contributed by atoms with van der Waals surface area (Å²) in [5.74, 6) is -4.79. The van der Waals surface area contributed by atoms with Crippen LogP contribution < -0.4 is 5.32 Å². The number of Topliss-reactive ketones (excluding diaryl/α,β-unsaturated/α-hetero) is 1. The summed E-state index contributed by atoms with van der Waals surface area (Å²) < 4.78 is 38.8. The molecule has 1 aromatic rings. The Morgan fingerprint density at radius 3 is 2.59 bits per heavy atom. The Morgan fingerprint density at radius 1 is 1.24 bits per heavy atom. The van der Waals surface area contributed by atoms with E-state index in [-0.39, 0.29) is 12.0 Å². The van der Waals surface area contributed by atoms with Gasteiger partial charge in [0.25, 0.3) is 0 Å². The first kappa shape index (κ1) is 12.1. The molecule has 92 valence electrons. The maximum absolute atomic E-state index is 13.3. The molecule has 1 aliphatic carbocycles. The van der Waals surface area contributed by atoms with Gasteiger partial charge in [-0.3, -0.25) is 4.79 Å². The number of carbonyl (C=O) groups is 1. The van der Waals surface area contributed by atoms with Gasteiger partial charge < -0.3 is 5.32 Å². The van der Waals surface area contributed by atoms with Crippen molar-refractivity contribution in [2.45, 2.75) is 25.3 Å². The van der Waals surface area contributed by atoms with E-state index in [1.54, 1.807) is 0 Å². The summed E-state index contributed by atoms with van der Waals surface area (Å²) in [6.45, 7) is 0.432. The number of nitrogens with one attached hydrogen (secondary N) is 1. The molecule has 0 radical (unpaired) electrons. The quantitative estimate of drug-likeness (QED) is 0.635. The zero-order chi connectivity index (χ0) is 12.4. The highest BCUT2D eigenvalue weighted by Gasteiger charge is 2.22. The monoisotopic (exact) mass is 243 g/mol. The second-order valence-corrected chi connectivity index (χ2v) is 4.12. The van der Waals surface area contributed by atoms with Gasteiger partial charge in [-0.25, -0.2) is 13.2 Å². The summed E-state index contributed by atoms with van der Waals surface area (Å²) in [5, 5.41) is 3.09. The second kappa shape index (κ2) is 4.87. The number of ketones is 1. The zero-order valence-corrected chi connectivity index (χ0v) is 9.10. The van der Waals surface area contributed by atoms with Gasteiger partial charge in [0.2, 0.25) is 0 Å². The van der Waals surface area contributed by atoms with Gasteiger partial charge in [-0.2, -0.15) is 0 Å². The first-order chi connectivity index (χ1) is 8.09. The van der Waals surface area contributed by atoms with Crippen molar-refractivity contribution < 1.29 is 18.0 Å². The van der Waals surface area contributed by atoms with Gasteiger partial charge in [-0.15, -0.1) is 0 Å². The fraction of sp³-hybridized carbons (Fsp3) is 0.417. The Hall–Kier alpha value is -1.36. The van der Waals surface area contributed by atoms with Gasteiger partial charge in [-0.1, -0.05) is 0 Å². The molecule has 0 heterocycles. The van der Waals surface area contributed by atoms with E-state index in [1.165, 1.54) is 0 Å². The predicted octanol–water partition coefficient (Wildman–Crippen LogP) is 2.43. The van der Waals surface area contributed by atoms with E-state index in [4.69, 9.17) is 0 Å². The summed E-state index contributed by atoms with van der Waals surface area (Å²) in [5.41, 5.74) is -0.388. The summed E-state index contributed by atoms with van der Waals surface area (Å²) in [4.78, 5) is 11.6. The Kier molecular flexibility index (Phi) is 3.47. The summed E-state index contributed by atoms with van der Waals surface area (Å²) >= 11 is 0. The van der Waals surface area contributed by atoms with Crippen molar-refractivity contribution in [2.24, 2.45) is 0 Å². The zero-order valence-electron chi connectivity index (χ0n) is 9.10. The number of halogens is 3. The average molecular weight is 243 g/mol. The highest BCUT2D eigenvalue weighted by molar-refractivity contribution is 5.96. The van der Waals surface area contributed by atoms with Crippen molar-refractivity contribution in [3.8, 4) is 0 Å². The number of hydrogen-bond donors (Lipinski definition) is 1. The maximum Gasteiger partial charge on any atom is 0.195 e. The van der Waals surface area contributed by atoms with Gasteiger partial charge in [-0.05, 0) is 25.0 Å². The average Bonchev–Trinajstić information content (AvgIpc) is 3.10. The van der Waals surface area contributed by atoms with Gasteiger partial charge in [0.1, 0.15) is 0 Å². The number of carbonyl (C=O) groups excluding carboxylic acids is 1. The van der Waals surface area contributed by atoms with Crippen LogP contribution in [0, 0.1) is 17.5 Å². The Morgan fingerprint density at radius 2 is 1.94 bits per heavy atom. The molecule has 1 fully saturated rings. The fourth-order valence-corrected chi connectivity index (χ4v) is 1.55. The largest absolute Gasteiger partial charge is 0.314 e. The lowest BCUT2D eigenvalue weighted by molar-refractivity contribution is 0.0977. The van der Waals surface area contributed by atoms with Crippen LogP contribution in [0.25, 0.3) is 0 Å². The third-order valence-corrected chi connectivity index (χ3v) is 2.70. The molecule has 0 unspecified atom stereocenters. The Balaban J connectivity index is 2.00. The van der Waals surface area contributed by atoms with Crippen molar-refractivity contribution in [3.63, 3.8) is 0 Å². The molecule has 1 saturated carbocycles. The third kappa shape index (κ3) is 2.85. The van der Waals surface area contributed by atoms with Crippen LogP contribution in [0.1, 0.15) is 29.6 Å². The van der Waals surface area contributed by atoms with Gasteiger partial charge in [0.05, 0.1) is 5.56 Å². The van der Waals surface area contributed by atoms with Crippen molar-refractivity contribution >= 4 is 5.78 Å². The van der Waals surface area contributed by atoms with Crippen LogP contribution in [-0.2, 0) is 0 Å². The van der Waals surface area contributed by atoms with Gasteiger partial charge >= 0.3 is 0 Å². The number of benzene rings is 1. The van der Waals surface area contributed by atoms with E-state index in [0.717, 1.165) is 25.0 Å². The lowest BCUT2D eigenvalue weighted by atomic mass is 10.1. The molecule has 17 heavy (non-hydrogen) atoms. The molecule has 0 aliphatic heterocycles. The van der Waals surface area contributed by atoms with Crippen LogP contribution >= 0.6 is 0 Å². The summed E-state index contributed by atoms with van der Waals surface area (Å²) in [6, 6.07) is 2.20. The van der Waals surface area contributed by atoms with Crippen LogP contribution in [0.4, 0.5) is 13.2 Å². The molecule has 0 spiro atoms. The molecule has 0 aromatic heterocycles. The maximum atomic E-state index is 13.3. The minimum atomic E-state index is -1.59. The number of hydrogen-bond acceptors (Lipinski definition) is 2. The van der Waals surface area contributed by atoms with Crippen molar-refractivity contribution in [1.82, 2.24) is 5.32 Å². The first-order valence-corrected chi connectivity index (χ1v) is 5.49. The molecule has 1 aliphatic rings. The second-order valence-electron chi connectivity index (χ2n) is 4.12. The van der Waals surface area contributed by atoms with Gasteiger partial charge in [0.15, 0.2) is 23.2 Å². The highest BCUT2D eigenvalue weighted by Crippen LogP contribution is 2.19. The molecule has 0 atom stereocenters. The van der Waals surface area contributed by atoms with E-state index < -0.39 is 23.2 Å². The SMILES string of the molecule is O=C(CCNC1CC1)c1ccc(F)c(F)c1F. The standard InChI is InChI=1S/C12H12F3NO/c13-9-4-3-8(11(14)12(9)15)10(17)5-6-16-7-1-2-7/h3-4,7,16H,1-2,5-6H2. The first-order valence-electron chi connectivity index (χ1n) is 5.49. The Bertz CT molecular complexity index is 444. The number of rotatable bonds is 5. The van der Waals surface area contributed by atoms with Crippen molar-refractivity contribution in [2.75, 3.05) is 6.54 Å². The van der Waals surface area contributed by atoms with E-state index in [9.17, 15) is 18.0 Å². The van der Waals surface area contributed by atoms with Gasteiger partial charge in [0, 0.05) is 19.0 Å². The molecule has 2 rings (SSSR count). The molecule has 2 nitrogen and oxygen atoms in total. The molecule has 1 aromatic carbocycles. The van der Waals surface area contributed by atoms with Crippen molar-refractivity contribution in [1.29, 1.82) is 0 Å².